The summed E-state index contributed by atoms with van der Waals surface area (Å²) in [5.74, 6) is 5.68. The molecule has 1 aromatic rings. The second-order valence-corrected chi connectivity index (χ2v) is 5.36. The molecular weight excluding hydrogens is 324 g/mol. The number of ether oxygens (including phenoxy) is 1. The van der Waals surface area contributed by atoms with Crippen LogP contribution in [0.5, 0.6) is 0 Å². The van der Waals surface area contributed by atoms with Gasteiger partial charge in [0.15, 0.2) is 5.82 Å². The third-order valence-electron chi connectivity index (χ3n) is 3.14. The molecule has 0 aliphatic carbocycles. The standard InChI is InChI=1S/C13H21BrN4O2/c1-4-9(2)18(5-6-20-3)13(19)11-7-10(14)8-16-12(11)17-15/h7-9H,4-6,15H2,1-3H3,(H,16,17). The Morgan fingerprint density at radius 2 is 2.35 bits per heavy atom. The Labute approximate surface area is 127 Å². The molecule has 0 fully saturated rings. The number of pyridine rings is 1. The van der Waals surface area contributed by atoms with Crippen LogP contribution in [0.2, 0.25) is 0 Å². The summed E-state index contributed by atoms with van der Waals surface area (Å²) in [5, 5.41) is 0. The van der Waals surface area contributed by atoms with Crippen molar-refractivity contribution in [3.63, 3.8) is 0 Å². The highest BCUT2D eigenvalue weighted by molar-refractivity contribution is 9.10. The lowest BCUT2D eigenvalue weighted by Gasteiger charge is -2.29. The van der Waals surface area contributed by atoms with Crippen molar-refractivity contribution in [2.75, 3.05) is 25.7 Å². The molecule has 0 radical (unpaired) electrons. The highest BCUT2D eigenvalue weighted by Gasteiger charge is 2.23. The molecule has 7 heteroatoms. The second kappa shape index (κ2) is 8.18. The summed E-state index contributed by atoms with van der Waals surface area (Å²) < 4.78 is 5.81. The van der Waals surface area contributed by atoms with Crippen LogP contribution in [0, 0.1) is 0 Å². The maximum Gasteiger partial charge on any atom is 0.258 e. The molecule has 1 unspecified atom stereocenters. The molecule has 0 aromatic carbocycles. The van der Waals surface area contributed by atoms with E-state index in [1.807, 2.05) is 13.8 Å². The predicted molar refractivity (Wildman–Crippen MR) is 82.4 cm³/mol. The number of nitrogens with two attached hydrogens (primary N) is 1. The van der Waals surface area contributed by atoms with E-state index in [9.17, 15) is 4.79 Å². The van der Waals surface area contributed by atoms with E-state index in [4.69, 9.17) is 10.6 Å². The van der Waals surface area contributed by atoms with E-state index in [0.29, 0.717) is 24.5 Å². The molecule has 112 valence electrons. The summed E-state index contributed by atoms with van der Waals surface area (Å²) in [6.45, 7) is 5.07. The van der Waals surface area contributed by atoms with Crippen LogP contribution in [0.3, 0.4) is 0 Å². The molecule has 6 nitrogen and oxygen atoms in total. The average Bonchev–Trinajstić information content (AvgIpc) is 2.46. The molecule has 0 spiro atoms. The summed E-state index contributed by atoms with van der Waals surface area (Å²) in [6.07, 6.45) is 2.46. The first-order valence-electron chi connectivity index (χ1n) is 6.47. The highest BCUT2D eigenvalue weighted by atomic mass is 79.9. The van der Waals surface area contributed by atoms with Crippen molar-refractivity contribution in [2.45, 2.75) is 26.3 Å². The van der Waals surface area contributed by atoms with E-state index in [1.54, 1.807) is 24.3 Å². The van der Waals surface area contributed by atoms with E-state index < -0.39 is 0 Å². The van der Waals surface area contributed by atoms with Gasteiger partial charge in [0.2, 0.25) is 0 Å². The van der Waals surface area contributed by atoms with Gasteiger partial charge in [-0.3, -0.25) is 4.79 Å². The Balaban J connectivity index is 3.07. The van der Waals surface area contributed by atoms with Crippen molar-refractivity contribution in [1.29, 1.82) is 0 Å². The minimum Gasteiger partial charge on any atom is -0.383 e. The monoisotopic (exact) mass is 344 g/mol. The van der Waals surface area contributed by atoms with Crippen LogP contribution in [0.15, 0.2) is 16.7 Å². The summed E-state index contributed by atoms with van der Waals surface area (Å²) >= 11 is 3.32. The largest absolute Gasteiger partial charge is 0.383 e. The van der Waals surface area contributed by atoms with Gasteiger partial charge < -0.3 is 15.1 Å². The third-order valence-corrected chi connectivity index (χ3v) is 3.58. The zero-order valence-electron chi connectivity index (χ0n) is 12.0. The van der Waals surface area contributed by atoms with Crippen LogP contribution in [-0.2, 0) is 4.74 Å². The quantitative estimate of drug-likeness (QED) is 0.584. The molecule has 20 heavy (non-hydrogen) atoms. The molecular formula is C13H21BrN4O2. The molecule has 1 aromatic heterocycles. The van der Waals surface area contributed by atoms with E-state index in [-0.39, 0.29) is 11.9 Å². The van der Waals surface area contributed by atoms with Crippen molar-refractivity contribution < 1.29 is 9.53 Å². The molecule has 1 rings (SSSR count). The Hall–Kier alpha value is -1.18. The van der Waals surface area contributed by atoms with Gasteiger partial charge >= 0.3 is 0 Å². The number of methoxy groups -OCH3 is 1. The van der Waals surface area contributed by atoms with Gasteiger partial charge in [-0.1, -0.05) is 6.92 Å². The topological polar surface area (TPSA) is 80.5 Å². The van der Waals surface area contributed by atoms with Crippen molar-refractivity contribution in [3.05, 3.63) is 22.3 Å². The van der Waals surface area contributed by atoms with Crippen LogP contribution in [0.1, 0.15) is 30.6 Å². The number of carbonyl (C=O) groups is 1. The number of aromatic nitrogens is 1. The van der Waals surface area contributed by atoms with E-state index in [0.717, 1.165) is 10.9 Å². The summed E-state index contributed by atoms with van der Waals surface area (Å²) in [7, 11) is 1.62. The number of nitrogen functional groups attached to an aromatic ring is 1. The Morgan fingerprint density at radius 1 is 1.65 bits per heavy atom. The smallest absolute Gasteiger partial charge is 0.258 e. The molecule has 0 aliphatic rings. The summed E-state index contributed by atoms with van der Waals surface area (Å²) in [5.41, 5.74) is 2.90. The van der Waals surface area contributed by atoms with Crippen molar-refractivity contribution >= 4 is 27.7 Å². The molecule has 3 N–H and O–H groups in total. The van der Waals surface area contributed by atoms with Gasteiger partial charge in [-0.05, 0) is 35.3 Å². The van der Waals surface area contributed by atoms with Gasteiger partial charge in [-0.2, -0.15) is 0 Å². The van der Waals surface area contributed by atoms with Crippen LogP contribution in [0.4, 0.5) is 5.82 Å². The summed E-state index contributed by atoms with van der Waals surface area (Å²) in [4.78, 5) is 18.6. The fourth-order valence-electron chi connectivity index (χ4n) is 1.80. The summed E-state index contributed by atoms with van der Waals surface area (Å²) in [6, 6.07) is 1.83. The maximum absolute atomic E-state index is 12.7. The molecule has 1 heterocycles. The third kappa shape index (κ3) is 4.16. The molecule has 0 bridgehead atoms. The average molecular weight is 345 g/mol. The lowest BCUT2D eigenvalue weighted by Crippen LogP contribution is -2.41. The Bertz CT molecular complexity index is 456. The number of nitrogens with zero attached hydrogens (tertiary/aromatic N) is 2. The number of halogens is 1. The molecule has 1 atom stereocenters. The number of anilines is 1. The number of hydrogen-bond acceptors (Lipinski definition) is 5. The van der Waals surface area contributed by atoms with Crippen molar-refractivity contribution in [3.8, 4) is 0 Å². The minimum atomic E-state index is -0.113. The first-order chi connectivity index (χ1) is 9.54. The van der Waals surface area contributed by atoms with Gasteiger partial charge in [-0.15, -0.1) is 0 Å². The van der Waals surface area contributed by atoms with Gasteiger partial charge in [0.1, 0.15) is 0 Å². The number of nitrogens with one attached hydrogen (secondary N) is 1. The fraction of sp³-hybridized carbons (Fsp3) is 0.538. The molecule has 0 aliphatic heterocycles. The number of hydrogen-bond donors (Lipinski definition) is 2. The van der Waals surface area contributed by atoms with Gasteiger partial charge in [0, 0.05) is 30.4 Å². The molecule has 0 saturated heterocycles. The number of hydrazine groups is 1. The van der Waals surface area contributed by atoms with Gasteiger partial charge in [0.05, 0.1) is 12.2 Å². The highest BCUT2D eigenvalue weighted by Crippen LogP contribution is 2.20. The number of amides is 1. The Morgan fingerprint density at radius 3 is 2.90 bits per heavy atom. The minimum absolute atomic E-state index is 0.113. The first kappa shape index (κ1) is 16.9. The number of carbonyl (C=O) groups excluding carboxylic acids is 1. The maximum atomic E-state index is 12.7. The van der Waals surface area contributed by atoms with Gasteiger partial charge in [-0.25, -0.2) is 10.8 Å². The Kier molecular flexibility index (Phi) is 6.90. The van der Waals surface area contributed by atoms with Crippen LogP contribution in [-0.4, -0.2) is 42.1 Å². The molecule has 0 saturated carbocycles. The fourth-order valence-corrected chi connectivity index (χ4v) is 2.14. The van der Waals surface area contributed by atoms with Crippen LogP contribution < -0.4 is 11.3 Å². The van der Waals surface area contributed by atoms with Crippen LogP contribution in [0.25, 0.3) is 0 Å². The zero-order valence-corrected chi connectivity index (χ0v) is 13.6. The van der Waals surface area contributed by atoms with Crippen molar-refractivity contribution in [1.82, 2.24) is 9.88 Å². The predicted octanol–water partition coefficient (Wildman–Crippen LogP) is 2.02. The van der Waals surface area contributed by atoms with Crippen molar-refractivity contribution in [2.24, 2.45) is 5.84 Å². The van der Waals surface area contributed by atoms with E-state index >= 15 is 0 Å². The van der Waals surface area contributed by atoms with E-state index in [1.165, 1.54) is 0 Å². The lowest BCUT2D eigenvalue weighted by atomic mass is 10.1. The second-order valence-electron chi connectivity index (χ2n) is 4.44. The zero-order chi connectivity index (χ0) is 15.1. The first-order valence-corrected chi connectivity index (χ1v) is 7.26. The lowest BCUT2D eigenvalue weighted by molar-refractivity contribution is 0.0614. The van der Waals surface area contributed by atoms with Crippen LogP contribution >= 0.6 is 15.9 Å². The number of rotatable bonds is 7. The van der Waals surface area contributed by atoms with Gasteiger partial charge in [0.25, 0.3) is 5.91 Å². The normalized spacial score (nSPS) is 12.1. The molecule has 1 amide bonds. The van der Waals surface area contributed by atoms with E-state index in [2.05, 4.69) is 26.3 Å². The SMILES string of the molecule is CCC(C)N(CCOC)C(=O)c1cc(Br)cnc1NN.